The molecule has 0 atom stereocenters. The van der Waals surface area contributed by atoms with Crippen molar-refractivity contribution in [1.82, 2.24) is 10.2 Å². The molecule has 2 aromatic carbocycles. The van der Waals surface area contributed by atoms with Crippen molar-refractivity contribution in [3.8, 4) is 11.5 Å². The number of carbonyl (C=O) groups is 1. The van der Waals surface area contributed by atoms with Crippen LogP contribution in [0.1, 0.15) is 16.7 Å². The first-order valence-corrected chi connectivity index (χ1v) is 9.16. The van der Waals surface area contributed by atoms with Crippen molar-refractivity contribution in [3.05, 3.63) is 64.2 Å². The van der Waals surface area contributed by atoms with E-state index >= 15 is 0 Å². The average molecular weight is 387 g/mol. The van der Waals surface area contributed by atoms with Crippen LogP contribution in [0.25, 0.3) is 6.08 Å². The van der Waals surface area contributed by atoms with Crippen LogP contribution in [-0.4, -0.2) is 38.1 Å². The number of hydrogen-bond donors (Lipinski definition) is 1. The van der Waals surface area contributed by atoms with Crippen molar-refractivity contribution in [2.45, 2.75) is 13.1 Å². The minimum Gasteiger partial charge on any atom is -0.486 e. The molecule has 1 amide bonds. The molecule has 0 spiro atoms. The highest BCUT2D eigenvalue weighted by Gasteiger charge is 2.15. The summed E-state index contributed by atoms with van der Waals surface area (Å²) in [5.41, 5.74) is 3.08. The van der Waals surface area contributed by atoms with Crippen molar-refractivity contribution in [1.29, 1.82) is 0 Å². The Hall–Kier alpha value is -2.50. The number of benzene rings is 2. The molecule has 0 fully saturated rings. The summed E-state index contributed by atoms with van der Waals surface area (Å²) >= 11 is 6.21. The number of fused-ring (bicyclic) bond motifs is 1. The van der Waals surface area contributed by atoms with Gasteiger partial charge in [0.05, 0.1) is 5.02 Å². The van der Waals surface area contributed by atoms with Crippen LogP contribution in [0, 0.1) is 0 Å². The molecule has 5 nitrogen and oxygen atoms in total. The van der Waals surface area contributed by atoms with Gasteiger partial charge >= 0.3 is 0 Å². The van der Waals surface area contributed by atoms with Gasteiger partial charge in [0.2, 0.25) is 5.91 Å². The summed E-state index contributed by atoms with van der Waals surface area (Å²) in [6.45, 7) is 2.35. The smallest absolute Gasteiger partial charge is 0.244 e. The zero-order valence-corrected chi connectivity index (χ0v) is 16.3. The molecule has 1 heterocycles. The molecule has 142 valence electrons. The fourth-order valence-electron chi connectivity index (χ4n) is 2.77. The van der Waals surface area contributed by atoms with Crippen molar-refractivity contribution in [3.63, 3.8) is 0 Å². The van der Waals surface area contributed by atoms with E-state index in [0.29, 0.717) is 36.3 Å². The van der Waals surface area contributed by atoms with Crippen LogP contribution in [0.4, 0.5) is 0 Å². The maximum absolute atomic E-state index is 12.1. The second-order valence-electron chi connectivity index (χ2n) is 6.63. The average Bonchev–Trinajstić information content (AvgIpc) is 2.65. The van der Waals surface area contributed by atoms with Gasteiger partial charge in [-0.15, -0.1) is 0 Å². The molecule has 0 bridgehead atoms. The molecule has 1 aliphatic heterocycles. The molecule has 0 saturated heterocycles. The lowest BCUT2D eigenvalue weighted by Gasteiger charge is -2.19. The van der Waals surface area contributed by atoms with Gasteiger partial charge in [-0.1, -0.05) is 35.9 Å². The molecule has 0 radical (unpaired) electrons. The van der Waals surface area contributed by atoms with Gasteiger partial charge in [0.1, 0.15) is 13.2 Å². The molecular weight excluding hydrogens is 364 g/mol. The van der Waals surface area contributed by atoms with E-state index in [0.717, 1.165) is 17.7 Å². The fourth-order valence-corrected chi connectivity index (χ4v) is 3.05. The van der Waals surface area contributed by atoms with Crippen LogP contribution in [0.3, 0.4) is 0 Å². The van der Waals surface area contributed by atoms with E-state index < -0.39 is 0 Å². The standard InChI is InChI=1S/C21H23ClN2O3/c1-24(2)14-16-5-3-15(4-6-16)13-23-20(25)8-7-17-11-18(22)21-19(12-17)26-9-10-27-21/h3-8,11-12H,9-10,13-14H2,1-2H3,(H,23,25)/b8-7+. The Morgan fingerprint density at radius 2 is 1.85 bits per heavy atom. The predicted octanol–water partition coefficient (Wildman–Crippen LogP) is 3.50. The van der Waals surface area contributed by atoms with Gasteiger partial charge in [-0.05, 0) is 49.0 Å². The number of hydrogen-bond acceptors (Lipinski definition) is 4. The second kappa shape index (κ2) is 8.93. The first-order chi connectivity index (χ1) is 13.0. The number of rotatable bonds is 6. The van der Waals surface area contributed by atoms with Crippen LogP contribution in [0.5, 0.6) is 11.5 Å². The highest BCUT2D eigenvalue weighted by molar-refractivity contribution is 6.32. The molecule has 0 aliphatic carbocycles. The second-order valence-corrected chi connectivity index (χ2v) is 7.04. The number of halogens is 1. The monoisotopic (exact) mass is 386 g/mol. The lowest BCUT2D eigenvalue weighted by Crippen LogP contribution is -2.20. The van der Waals surface area contributed by atoms with Crippen molar-refractivity contribution >= 4 is 23.6 Å². The lowest BCUT2D eigenvalue weighted by molar-refractivity contribution is -0.116. The van der Waals surface area contributed by atoms with E-state index in [-0.39, 0.29) is 5.91 Å². The fraction of sp³-hybridized carbons (Fsp3) is 0.286. The van der Waals surface area contributed by atoms with E-state index in [1.165, 1.54) is 11.6 Å². The van der Waals surface area contributed by atoms with Gasteiger partial charge in [0.25, 0.3) is 0 Å². The molecule has 2 aromatic rings. The van der Waals surface area contributed by atoms with Crippen LogP contribution in [-0.2, 0) is 17.9 Å². The van der Waals surface area contributed by atoms with Gasteiger partial charge in [0.15, 0.2) is 11.5 Å². The number of carbonyl (C=O) groups excluding carboxylic acids is 1. The van der Waals surface area contributed by atoms with Gasteiger partial charge in [-0.25, -0.2) is 0 Å². The zero-order valence-electron chi connectivity index (χ0n) is 15.5. The highest BCUT2D eigenvalue weighted by atomic mass is 35.5. The number of nitrogens with one attached hydrogen (secondary N) is 1. The van der Waals surface area contributed by atoms with Gasteiger partial charge in [-0.2, -0.15) is 0 Å². The Labute approximate surface area is 164 Å². The van der Waals surface area contributed by atoms with Crippen LogP contribution in [0.2, 0.25) is 5.02 Å². The Kier molecular flexibility index (Phi) is 6.37. The Balaban J connectivity index is 1.55. The van der Waals surface area contributed by atoms with Crippen molar-refractivity contribution in [2.24, 2.45) is 0 Å². The largest absolute Gasteiger partial charge is 0.486 e. The summed E-state index contributed by atoms with van der Waals surface area (Å²) in [5, 5.41) is 3.36. The van der Waals surface area contributed by atoms with E-state index in [1.54, 1.807) is 12.1 Å². The maximum Gasteiger partial charge on any atom is 0.244 e. The summed E-state index contributed by atoms with van der Waals surface area (Å²) in [7, 11) is 4.07. The summed E-state index contributed by atoms with van der Waals surface area (Å²) in [6.07, 6.45) is 3.20. The highest BCUT2D eigenvalue weighted by Crippen LogP contribution is 2.38. The molecule has 1 N–H and O–H groups in total. The van der Waals surface area contributed by atoms with E-state index in [2.05, 4.69) is 22.3 Å². The first kappa shape index (κ1) is 19.3. The third-order valence-corrected chi connectivity index (χ3v) is 4.32. The normalized spacial score (nSPS) is 13.2. The Morgan fingerprint density at radius 1 is 1.15 bits per heavy atom. The summed E-state index contributed by atoms with van der Waals surface area (Å²) in [6, 6.07) is 11.8. The molecule has 27 heavy (non-hydrogen) atoms. The maximum atomic E-state index is 12.1. The topological polar surface area (TPSA) is 50.8 Å². The third-order valence-electron chi connectivity index (χ3n) is 4.03. The van der Waals surface area contributed by atoms with E-state index in [9.17, 15) is 4.79 Å². The molecule has 0 unspecified atom stereocenters. The molecule has 0 saturated carbocycles. The Bertz CT molecular complexity index is 832. The zero-order chi connectivity index (χ0) is 19.2. The van der Waals surface area contributed by atoms with Crippen molar-refractivity contribution < 1.29 is 14.3 Å². The van der Waals surface area contributed by atoms with Gasteiger partial charge < -0.3 is 19.7 Å². The molecule has 3 rings (SSSR count). The van der Waals surface area contributed by atoms with Crippen molar-refractivity contribution in [2.75, 3.05) is 27.3 Å². The predicted molar refractivity (Wildman–Crippen MR) is 107 cm³/mol. The Morgan fingerprint density at radius 3 is 2.59 bits per heavy atom. The lowest BCUT2D eigenvalue weighted by atomic mass is 10.1. The van der Waals surface area contributed by atoms with Gasteiger partial charge in [0, 0.05) is 19.2 Å². The quantitative estimate of drug-likeness (QED) is 0.772. The number of amides is 1. The van der Waals surface area contributed by atoms with E-state index in [1.807, 2.05) is 32.3 Å². The third kappa shape index (κ3) is 5.49. The van der Waals surface area contributed by atoms with Crippen LogP contribution < -0.4 is 14.8 Å². The summed E-state index contributed by atoms with van der Waals surface area (Å²) in [5.74, 6) is 0.993. The molecule has 0 aromatic heterocycles. The minimum absolute atomic E-state index is 0.168. The van der Waals surface area contributed by atoms with Crippen LogP contribution >= 0.6 is 11.6 Å². The summed E-state index contributed by atoms with van der Waals surface area (Å²) < 4.78 is 11.0. The molecule has 1 aliphatic rings. The number of nitrogens with zero attached hydrogens (tertiary/aromatic N) is 1. The van der Waals surface area contributed by atoms with Gasteiger partial charge in [-0.3, -0.25) is 4.79 Å². The SMILES string of the molecule is CN(C)Cc1ccc(CNC(=O)/C=C/c2cc(Cl)c3c(c2)OCCO3)cc1. The molecular formula is C21H23ClN2O3. The summed E-state index contributed by atoms with van der Waals surface area (Å²) in [4.78, 5) is 14.2. The van der Waals surface area contributed by atoms with E-state index in [4.69, 9.17) is 21.1 Å². The van der Waals surface area contributed by atoms with Crippen LogP contribution in [0.15, 0.2) is 42.5 Å². The minimum atomic E-state index is -0.168. The molecule has 6 heteroatoms. The number of ether oxygens (including phenoxy) is 2. The first-order valence-electron chi connectivity index (χ1n) is 8.79.